The molecule has 1 aromatic heterocycles. The van der Waals surface area contributed by atoms with Crippen molar-refractivity contribution >= 4 is 23.3 Å². The SMILES string of the molecule is N#Cc1ccc(OC2CCC(NC(=O)c3ccc(N4CCC(N)CC4)nn3)CC2)cc1Cl. The summed E-state index contributed by atoms with van der Waals surface area (Å²) in [6.45, 7) is 1.72. The van der Waals surface area contributed by atoms with Gasteiger partial charge in [-0.3, -0.25) is 4.79 Å². The second kappa shape index (κ2) is 10.2. The van der Waals surface area contributed by atoms with Crippen LogP contribution in [0.2, 0.25) is 5.02 Å². The van der Waals surface area contributed by atoms with E-state index in [4.69, 9.17) is 27.3 Å². The summed E-state index contributed by atoms with van der Waals surface area (Å²) in [5.41, 5.74) is 6.71. The Hall–Kier alpha value is -2.89. The van der Waals surface area contributed by atoms with E-state index >= 15 is 0 Å². The van der Waals surface area contributed by atoms with Gasteiger partial charge in [-0.15, -0.1) is 10.2 Å². The number of nitrogens with two attached hydrogens (primary N) is 1. The highest BCUT2D eigenvalue weighted by Gasteiger charge is 2.25. The molecule has 1 aliphatic heterocycles. The van der Waals surface area contributed by atoms with Gasteiger partial charge in [-0.1, -0.05) is 11.6 Å². The largest absolute Gasteiger partial charge is 0.490 e. The number of ether oxygens (including phenoxy) is 1. The molecule has 1 amide bonds. The average molecular weight is 455 g/mol. The second-order valence-corrected chi connectivity index (χ2v) is 8.83. The van der Waals surface area contributed by atoms with Gasteiger partial charge in [0.1, 0.15) is 11.8 Å². The molecule has 32 heavy (non-hydrogen) atoms. The molecule has 0 radical (unpaired) electrons. The van der Waals surface area contributed by atoms with Crippen LogP contribution < -0.4 is 20.7 Å². The maximum absolute atomic E-state index is 12.6. The Morgan fingerprint density at radius 1 is 1.12 bits per heavy atom. The van der Waals surface area contributed by atoms with Crippen molar-refractivity contribution in [2.24, 2.45) is 5.73 Å². The first kappa shape index (κ1) is 22.3. The van der Waals surface area contributed by atoms with E-state index in [2.05, 4.69) is 20.4 Å². The number of nitrogens with one attached hydrogen (secondary N) is 1. The zero-order valence-corrected chi connectivity index (χ0v) is 18.6. The minimum atomic E-state index is -0.201. The number of benzene rings is 1. The molecular formula is C23H27ClN6O2. The van der Waals surface area contributed by atoms with Gasteiger partial charge in [0.2, 0.25) is 0 Å². The Morgan fingerprint density at radius 2 is 1.88 bits per heavy atom. The maximum Gasteiger partial charge on any atom is 0.272 e. The van der Waals surface area contributed by atoms with E-state index in [1.807, 2.05) is 12.1 Å². The molecular weight excluding hydrogens is 428 g/mol. The van der Waals surface area contributed by atoms with E-state index in [1.165, 1.54) is 0 Å². The lowest BCUT2D eigenvalue weighted by molar-refractivity contribution is 0.0888. The quantitative estimate of drug-likeness (QED) is 0.712. The van der Waals surface area contributed by atoms with Crippen molar-refractivity contribution < 1.29 is 9.53 Å². The van der Waals surface area contributed by atoms with Gasteiger partial charge in [0.25, 0.3) is 5.91 Å². The normalized spacial score (nSPS) is 21.6. The number of carbonyl (C=O) groups excluding carboxylic acids is 1. The van der Waals surface area contributed by atoms with E-state index in [9.17, 15) is 4.79 Å². The molecule has 3 N–H and O–H groups in total. The molecule has 0 atom stereocenters. The lowest BCUT2D eigenvalue weighted by atomic mass is 9.93. The number of amides is 1. The van der Waals surface area contributed by atoms with Crippen LogP contribution in [-0.2, 0) is 0 Å². The molecule has 0 spiro atoms. The zero-order chi connectivity index (χ0) is 22.5. The predicted molar refractivity (Wildman–Crippen MR) is 122 cm³/mol. The summed E-state index contributed by atoms with van der Waals surface area (Å²) >= 11 is 6.08. The fourth-order valence-corrected chi connectivity index (χ4v) is 4.39. The molecule has 2 aliphatic rings. The van der Waals surface area contributed by atoms with Gasteiger partial charge >= 0.3 is 0 Å². The third kappa shape index (κ3) is 5.47. The summed E-state index contributed by atoms with van der Waals surface area (Å²) in [6.07, 6.45) is 5.22. The molecule has 1 saturated carbocycles. The van der Waals surface area contributed by atoms with Crippen molar-refractivity contribution in [2.75, 3.05) is 18.0 Å². The number of nitriles is 1. The molecule has 8 nitrogen and oxygen atoms in total. The summed E-state index contributed by atoms with van der Waals surface area (Å²) in [4.78, 5) is 14.8. The van der Waals surface area contributed by atoms with E-state index < -0.39 is 0 Å². The Kier molecular flexibility index (Phi) is 7.08. The standard InChI is InChI=1S/C23H27ClN6O2/c24-20-13-19(4-1-15(20)14-25)32-18-5-2-17(3-6-18)27-23(31)21-7-8-22(29-28-21)30-11-9-16(26)10-12-30/h1,4,7-8,13,16-18H,2-3,5-6,9-12,26H2,(H,27,31). The summed E-state index contributed by atoms with van der Waals surface area (Å²) in [5.74, 6) is 1.24. The summed E-state index contributed by atoms with van der Waals surface area (Å²) in [7, 11) is 0. The van der Waals surface area contributed by atoms with Crippen molar-refractivity contribution in [3.8, 4) is 11.8 Å². The molecule has 9 heteroatoms. The highest BCUT2D eigenvalue weighted by Crippen LogP contribution is 2.27. The van der Waals surface area contributed by atoms with Crippen LogP contribution >= 0.6 is 11.6 Å². The topological polar surface area (TPSA) is 117 Å². The zero-order valence-electron chi connectivity index (χ0n) is 17.8. The van der Waals surface area contributed by atoms with Crippen molar-refractivity contribution in [1.29, 1.82) is 5.26 Å². The Bertz CT molecular complexity index is 977. The predicted octanol–water partition coefficient (Wildman–Crippen LogP) is 3.05. The van der Waals surface area contributed by atoms with Gasteiger partial charge < -0.3 is 20.7 Å². The first-order chi connectivity index (χ1) is 15.5. The third-order valence-corrected chi connectivity index (χ3v) is 6.43. The highest BCUT2D eigenvalue weighted by molar-refractivity contribution is 6.31. The van der Waals surface area contributed by atoms with Gasteiger partial charge in [0.15, 0.2) is 11.5 Å². The van der Waals surface area contributed by atoms with Crippen molar-refractivity contribution in [3.05, 3.63) is 46.6 Å². The molecule has 2 heterocycles. The van der Waals surface area contributed by atoms with Gasteiger partial charge in [-0.05, 0) is 62.8 Å². The van der Waals surface area contributed by atoms with Crippen LogP contribution in [-0.4, -0.2) is 47.4 Å². The van der Waals surface area contributed by atoms with Crippen LogP contribution in [0.4, 0.5) is 5.82 Å². The second-order valence-electron chi connectivity index (χ2n) is 8.42. The number of aromatic nitrogens is 2. The number of piperidine rings is 1. The first-order valence-electron chi connectivity index (χ1n) is 11.0. The number of nitrogens with zero attached hydrogens (tertiary/aromatic N) is 4. The van der Waals surface area contributed by atoms with Crippen LogP contribution in [0.1, 0.15) is 54.6 Å². The summed E-state index contributed by atoms with van der Waals surface area (Å²) in [6, 6.07) is 11.1. The Balaban J connectivity index is 1.24. The molecule has 1 aliphatic carbocycles. The van der Waals surface area contributed by atoms with Crippen LogP contribution in [0.3, 0.4) is 0 Å². The van der Waals surface area contributed by atoms with Crippen LogP contribution in [0.5, 0.6) is 5.75 Å². The number of halogens is 1. The van der Waals surface area contributed by atoms with Gasteiger partial charge in [-0.2, -0.15) is 5.26 Å². The van der Waals surface area contributed by atoms with Crippen molar-refractivity contribution in [3.63, 3.8) is 0 Å². The summed E-state index contributed by atoms with van der Waals surface area (Å²) < 4.78 is 6.01. The lowest BCUT2D eigenvalue weighted by Gasteiger charge is -2.30. The van der Waals surface area contributed by atoms with E-state index in [1.54, 1.807) is 24.3 Å². The number of rotatable bonds is 5. The fraction of sp³-hybridized carbons (Fsp3) is 0.478. The third-order valence-electron chi connectivity index (χ3n) is 6.12. The van der Waals surface area contributed by atoms with E-state index in [0.717, 1.165) is 57.4 Å². The molecule has 168 valence electrons. The van der Waals surface area contributed by atoms with E-state index in [0.29, 0.717) is 22.0 Å². The van der Waals surface area contributed by atoms with Crippen LogP contribution in [0.15, 0.2) is 30.3 Å². The van der Waals surface area contributed by atoms with Crippen LogP contribution in [0.25, 0.3) is 0 Å². The molecule has 2 aromatic rings. The van der Waals surface area contributed by atoms with Gasteiger partial charge in [-0.25, -0.2) is 0 Å². The Labute approximate surface area is 192 Å². The van der Waals surface area contributed by atoms with Gasteiger partial charge in [0, 0.05) is 31.2 Å². The summed E-state index contributed by atoms with van der Waals surface area (Å²) in [5, 5.41) is 20.8. The minimum Gasteiger partial charge on any atom is -0.490 e. The number of hydrogen-bond donors (Lipinski definition) is 2. The molecule has 1 aromatic carbocycles. The molecule has 4 rings (SSSR count). The van der Waals surface area contributed by atoms with Crippen molar-refractivity contribution in [2.45, 2.75) is 56.7 Å². The molecule has 0 unspecified atom stereocenters. The monoisotopic (exact) mass is 454 g/mol. The Morgan fingerprint density at radius 3 is 2.50 bits per heavy atom. The van der Waals surface area contributed by atoms with Gasteiger partial charge in [0.05, 0.1) is 16.7 Å². The number of hydrogen-bond acceptors (Lipinski definition) is 7. The van der Waals surface area contributed by atoms with Crippen molar-refractivity contribution in [1.82, 2.24) is 15.5 Å². The first-order valence-corrected chi connectivity index (χ1v) is 11.4. The molecule has 1 saturated heterocycles. The fourth-order valence-electron chi connectivity index (χ4n) is 4.18. The average Bonchev–Trinajstić information content (AvgIpc) is 2.81. The van der Waals surface area contributed by atoms with Crippen LogP contribution in [0, 0.1) is 11.3 Å². The molecule has 2 fully saturated rings. The van der Waals surface area contributed by atoms with E-state index in [-0.39, 0.29) is 24.1 Å². The minimum absolute atomic E-state index is 0.0592. The molecule has 0 bridgehead atoms. The highest BCUT2D eigenvalue weighted by atomic mass is 35.5. The number of carbonyl (C=O) groups is 1. The number of anilines is 1. The lowest BCUT2D eigenvalue weighted by Crippen LogP contribution is -2.41. The smallest absolute Gasteiger partial charge is 0.272 e. The maximum atomic E-state index is 12.6.